The number of hydrogen-bond acceptors (Lipinski definition) is 4. The highest BCUT2D eigenvalue weighted by Gasteiger charge is 2.30. The number of piperidine rings is 1. The minimum Gasteiger partial charge on any atom is -0.326 e. The Morgan fingerprint density at radius 2 is 2.00 bits per heavy atom. The normalized spacial score (nSPS) is 17.0. The van der Waals surface area contributed by atoms with Crippen molar-refractivity contribution in [2.24, 2.45) is 12.8 Å². The number of aromatic nitrogens is 2. The fourth-order valence-corrected chi connectivity index (χ4v) is 1.85. The zero-order chi connectivity index (χ0) is 11.7. The summed E-state index contributed by atoms with van der Waals surface area (Å²) in [5, 5.41) is 4.13. The van der Waals surface area contributed by atoms with E-state index in [-0.39, 0.29) is 18.4 Å². The molecule has 16 heavy (non-hydrogen) atoms. The van der Waals surface area contributed by atoms with Crippen LogP contribution in [-0.4, -0.2) is 21.6 Å². The van der Waals surface area contributed by atoms with Gasteiger partial charge in [0.25, 0.3) is 0 Å². The Labute approximate surface area is 93.0 Å². The molecule has 0 radical (unpaired) electrons. The molecule has 2 N–H and O–H groups in total. The average molecular weight is 222 g/mol. The van der Waals surface area contributed by atoms with Gasteiger partial charge in [0, 0.05) is 38.2 Å². The molecule has 0 bridgehead atoms. The Morgan fingerprint density at radius 3 is 2.56 bits per heavy atom. The molecule has 2 heterocycles. The van der Waals surface area contributed by atoms with Gasteiger partial charge in [-0.1, -0.05) is 0 Å². The lowest BCUT2D eigenvalue weighted by molar-refractivity contribution is -0.129. The molecular weight excluding hydrogens is 208 g/mol. The standard InChI is InChI=1S/C10H14N4O2/c1-13-6-7(5-11)10(12-13)14-8(15)3-2-4-9(14)16/h6H,2-5,11H2,1H3. The first-order chi connectivity index (χ1) is 7.63. The van der Waals surface area contributed by atoms with Crippen LogP contribution in [0.1, 0.15) is 24.8 Å². The third-order valence-corrected chi connectivity index (χ3v) is 2.59. The van der Waals surface area contributed by atoms with Crippen molar-refractivity contribution >= 4 is 17.6 Å². The number of carbonyl (C=O) groups excluding carboxylic acids is 2. The van der Waals surface area contributed by atoms with Crippen molar-refractivity contribution in [1.29, 1.82) is 0 Å². The number of aryl methyl sites for hydroxylation is 1. The van der Waals surface area contributed by atoms with Gasteiger partial charge in [-0.05, 0) is 6.42 Å². The molecular formula is C10H14N4O2. The van der Waals surface area contributed by atoms with Crippen LogP contribution in [0.15, 0.2) is 6.20 Å². The molecule has 6 heteroatoms. The van der Waals surface area contributed by atoms with Crippen molar-refractivity contribution in [3.05, 3.63) is 11.8 Å². The molecule has 1 saturated heterocycles. The van der Waals surface area contributed by atoms with Crippen LogP contribution in [0, 0.1) is 0 Å². The third kappa shape index (κ3) is 1.71. The molecule has 86 valence electrons. The Balaban J connectivity index is 2.40. The van der Waals surface area contributed by atoms with Crippen LogP contribution >= 0.6 is 0 Å². The third-order valence-electron chi connectivity index (χ3n) is 2.59. The highest BCUT2D eigenvalue weighted by molar-refractivity contribution is 6.16. The van der Waals surface area contributed by atoms with Crippen molar-refractivity contribution in [3.63, 3.8) is 0 Å². The summed E-state index contributed by atoms with van der Waals surface area (Å²) < 4.78 is 1.56. The predicted molar refractivity (Wildman–Crippen MR) is 57.4 cm³/mol. The molecule has 1 aromatic heterocycles. The zero-order valence-electron chi connectivity index (χ0n) is 9.14. The maximum atomic E-state index is 11.7. The van der Waals surface area contributed by atoms with Gasteiger partial charge in [-0.2, -0.15) is 5.10 Å². The highest BCUT2D eigenvalue weighted by Crippen LogP contribution is 2.23. The van der Waals surface area contributed by atoms with Crippen molar-refractivity contribution in [2.45, 2.75) is 25.8 Å². The molecule has 1 aromatic rings. The number of anilines is 1. The van der Waals surface area contributed by atoms with Crippen LogP contribution in [0.5, 0.6) is 0 Å². The average Bonchev–Trinajstić information content (AvgIpc) is 2.59. The zero-order valence-corrected chi connectivity index (χ0v) is 9.14. The van der Waals surface area contributed by atoms with Crippen molar-refractivity contribution in [3.8, 4) is 0 Å². The number of imide groups is 1. The van der Waals surface area contributed by atoms with E-state index in [1.807, 2.05) is 0 Å². The lowest BCUT2D eigenvalue weighted by atomic mass is 10.1. The molecule has 1 fully saturated rings. The second-order valence-corrected chi connectivity index (χ2v) is 3.83. The van der Waals surface area contributed by atoms with E-state index in [9.17, 15) is 9.59 Å². The summed E-state index contributed by atoms with van der Waals surface area (Å²) >= 11 is 0. The van der Waals surface area contributed by atoms with Gasteiger partial charge in [0.2, 0.25) is 11.8 Å². The van der Waals surface area contributed by atoms with Crippen LogP contribution in [0.4, 0.5) is 5.82 Å². The fourth-order valence-electron chi connectivity index (χ4n) is 1.85. The SMILES string of the molecule is Cn1cc(CN)c(N2C(=O)CCCC2=O)n1. The van der Waals surface area contributed by atoms with E-state index in [2.05, 4.69) is 5.10 Å². The van der Waals surface area contributed by atoms with Crippen LogP contribution in [0.3, 0.4) is 0 Å². The number of hydrogen-bond donors (Lipinski definition) is 1. The van der Waals surface area contributed by atoms with Gasteiger partial charge < -0.3 is 5.73 Å². The van der Waals surface area contributed by atoms with E-state index in [1.165, 1.54) is 0 Å². The van der Waals surface area contributed by atoms with Crippen LogP contribution in [0.25, 0.3) is 0 Å². The number of nitrogens with zero attached hydrogens (tertiary/aromatic N) is 3. The quantitative estimate of drug-likeness (QED) is 0.710. The molecule has 1 aliphatic heterocycles. The van der Waals surface area contributed by atoms with Gasteiger partial charge in [0.05, 0.1) is 0 Å². The first-order valence-corrected chi connectivity index (χ1v) is 5.22. The van der Waals surface area contributed by atoms with Gasteiger partial charge in [-0.25, -0.2) is 4.90 Å². The maximum absolute atomic E-state index is 11.7. The maximum Gasteiger partial charge on any atom is 0.235 e. The summed E-state index contributed by atoms with van der Waals surface area (Å²) in [6.45, 7) is 0.264. The number of amides is 2. The monoisotopic (exact) mass is 222 g/mol. The Bertz CT molecular complexity index is 422. The van der Waals surface area contributed by atoms with Gasteiger partial charge in [0.1, 0.15) is 0 Å². The number of carbonyl (C=O) groups is 2. The molecule has 0 saturated carbocycles. The van der Waals surface area contributed by atoms with Crippen molar-refractivity contribution in [1.82, 2.24) is 9.78 Å². The summed E-state index contributed by atoms with van der Waals surface area (Å²) in [6, 6.07) is 0. The van der Waals surface area contributed by atoms with E-state index in [4.69, 9.17) is 5.73 Å². The second kappa shape index (κ2) is 4.05. The first kappa shape index (κ1) is 10.8. The Morgan fingerprint density at radius 1 is 1.38 bits per heavy atom. The summed E-state index contributed by atoms with van der Waals surface area (Å²) in [7, 11) is 1.74. The Hall–Kier alpha value is -1.69. The van der Waals surface area contributed by atoms with Gasteiger partial charge >= 0.3 is 0 Å². The van der Waals surface area contributed by atoms with Gasteiger partial charge in [-0.3, -0.25) is 14.3 Å². The van der Waals surface area contributed by atoms with Crippen LogP contribution in [-0.2, 0) is 23.2 Å². The summed E-state index contributed by atoms with van der Waals surface area (Å²) in [5.41, 5.74) is 6.27. The summed E-state index contributed by atoms with van der Waals surface area (Å²) in [5.74, 6) is 0.00833. The lowest BCUT2D eigenvalue weighted by Gasteiger charge is -2.23. The fraction of sp³-hybridized carbons (Fsp3) is 0.500. The summed E-state index contributed by atoms with van der Waals surface area (Å²) in [4.78, 5) is 24.6. The second-order valence-electron chi connectivity index (χ2n) is 3.83. The molecule has 0 spiro atoms. The molecule has 0 unspecified atom stereocenters. The highest BCUT2D eigenvalue weighted by atomic mass is 16.2. The summed E-state index contributed by atoms with van der Waals surface area (Å²) in [6.07, 6.45) is 3.14. The minimum atomic E-state index is -0.190. The van der Waals surface area contributed by atoms with E-state index >= 15 is 0 Å². The van der Waals surface area contributed by atoms with Crippen LogP contribution in [0.2, 0.25) is 0 Å². The molecule has 2 rings (SSSR count). The topological polar surface area (TPSA) is 81.2 Å². The predicted octanol–water partition coefficient (Wildman–Crippen LogP) is -0.0777. The molecule has 6 nitrogen and oxygen atoms in total. The van der Waals surface area contributed by atoms with E-state index in [1.54, 1.807) is 17.9 Å². The van der Waals surface area contributed by atoms with Crippen LogP contribution < -0.4 is 10.6 Å². The first-order valence-electron chi connectivity index (χ1n) is 5.22. The Kier molecular flexibility index (Phi) is 2.74. The van der Waals surface area contributed by atoms with E-state index < -0.39 is 0 Å². The minimum absolute atomic E-state index is 0.190. The van der Waals surface area contributed by atoms with Gasteiger partial charge in [-0.15, -0.1) is 0 Å². The smallest absolute Gasteiger partial charge is 0.235 e. The number of nitrogens with two attached hydrogens (primary N) is 1. The molecule has 0 atom stereocenters. The molecule has 1 aliphatic rings. The van der Waals surface area contributed by atoms with Crippen molar-refractivity contribution < 1.29 is 9.59 Å². The van der Waals surface area contributed by atoms with E-state index in [0.717, 1.165) is 4.90 Å². The molecule has 2 amide bonds. The largest absolute Gasteiger partial charge is 0.326 e. The van der Waals surface area contributed by atoms with Gasteiger partial charge in [0.15, 0.2) is 5.82 Å². The lowest BCUT2D eigenvalue weighted by Crippen LogP contribution is -2.41. The van der Waals surface area contributed by atoms with Crippen molar-refractivity contribution in [2.75, 3.05) is 4.90 Å². The number of rotatable bonds is 2. The molecule has 0 aromatic carbocycles. The van der Waals surface area contributed by atoms with E-state index in [0.29, 0.717) is 30.6 Å². The molecule has 0 aliphatic carbocycles.